The van der Waals surface area contributed by atoms with E-state index in [1.165, 1.54) is 24.1 Å². The quantitative estimate of drug-likeness (QED) is 0.630. The van der Waals surface area contributed by atoms with Crippen LogP contribution in [0.1, 0.15) is 25.2 Å². The van der Waals surface area contributed by atoms with E-state index in [2.05, 4.69) is 10.1 Å². The number of methoxy groups -OCH3 is 1. The van der Waals surface area contributed by atoms with Gasteiger partial charge in [0.15, 0.2) is 11.6 Å². The lowest BCUT2D eigenvalue weighted by molar-refractivity contribution is -0.117. The molecule has 1 fully saturated rings. The van der Waals surface area contributed by atoms with Crippen LogP contribution in [0.15, 0.2) is 47.0 Å². The summed E-state index contributed by atoms with van der Waals surface area (Å²) in [6, 6.07) is 11.8. The molecule has 3 aromatic rings. The molecule has 150 valence electrons. The van der Waals surface area contributed by atoms with Crippen LogP contribution in [0, 0.1) is 5.82 Å². The average molecular weight is 397 g/mol. The molecule has 1 saturated heterocycles. The van der Waals surface area contributed by atoms with Gasteiger partial charge in [0.25, 0.3) is 0 Å². The first-order valence-corrected chi connectivity index (χ1v) is 9.29. The Balaban J connectivity index is 1.50. The van der Waals surface area contributed by atoms with Crippen LogP contribution in [0.4, 0.5) is 10.1 Å². The fourth-order valence-corrected chi connectivity index (χ4v) is 3.33. The van der Waals surface area contributed by atoms with Gasteiger partial charge in [0.05, 0.1) is 19.6 Å². The molecule has 29 heavy (non-hydrogen) atoms. The molecule has 4 rings (SSSR count). The first kappa shape index (κ1) is 18.9. The molecule has 2 heterocycles. The number of amides is 1. The largest absolute Gasteiger partial charge is 0.494 e. The molecule has 8 heteroatoms. The van der Waals surface area contributed by atoms with Crippen LogP contribution in [0.3, 0.4) is 0 Å². The van der Waals surface area contributed by atoms with Crippen molar-refractivity contribution in [2.75, 3.05) is 25.2 Å². The fraction of sp³-hybridized carbons (Fsp3) is 0.286. The maximum atomic E-state index is 14.0. The molecule has 1 atom stereocenters. The zero-order chi connectivity index (χ0) is 20.4. The Kier molecular flexibility index (Phi) is 5.16. The number of benzene rings is 2. The summed E-state index contributed by atoms with van der Waals surface area (Å²) in [4.78, 5) is 18.4. The van der Waals surface area contributed by atoms with Gasteiger partial charge in [-0.25, -0.2) is 4.39 Å². The molecule has 0 spiro atoms. The Morgan fingerprint density at radius 3 is 2.72 bits per heavy atom. The Morgan fingerprint density at radius 1 is 1.24 bits per heavy atom. The van der Waals surface area contributed by atoms with Crippen molar-refractivity contribution in [3.8, 4) is 22.9 Å². The number of rotatable bonds is 6. The van der Waals surface area contributed by atoms with E-state index < -0.39 is 5.82 Å². The van der Waals surface area contributed by atoms with E-state index in [4.69, 9.17) is 14.0 Å². The molecule has 1 amide bonds. The Bertz CT molecular complexity index is 1020. The summed E-state index contributed by atoms with van der Waals surface area (Å²) in [5.41, 5.74) is 1.27. The highest BCUT2D eigenvalue weighted by molar-refractivity contribution is 5.96. The summed E-state index contributed by atoms with van der Waals surface area (Å²) in [6.07, 6.45) is 0.221. The van der Waals surface area contributed by atoms with Crippen LogP contribution in [0.25, 0.3) is 11.4 Å². The molecular weight excluding hydrogens is 377 g/mol. The number of ether oxygens (including phenoxy) is 2. The van der Waals surface area contributed by atoms with E-state index in [1.807, 2.05) is 31.2 Å². The van der Waals surface area contributed by atoms with E-state index in [-0.39, 0.29) is 24.0 Å². The van der Waals surface area contributed by atoms with E-state index >= 15 is 0 Å². The molecule has 1 unspecified atom stereocenters. The summed E-state index contributed by atoms with van der Waals surface area (Å²) in [5.74, 6) is 0.842. The number of nitrogens with zero attached hydrogens (tertiary/aromatic N) is 3. The molecular formula is C21H20FN3O4. The van der Waals surface area contributed by atoms with Gasteiger partial charge in [-0.1, -0.05) is 5.16 Å². The van der Waals surface area contributed by atoms with Crippen molar-refractivity contribution in [3.63, 3.8) is 0 Å². The smallest absolute Gasteiger partial charge is 0.232 e. The number of carbonyl (C=O) groups is 1. The van der Waals surface area contributed by atoms with E-state index in [9.17, 15) is 9.18 Å². The molecule has 1 aromatic heterocycles. The summed E-state index contributed by atoms with van der Waals surface area (Å²) in [6.45, 7) is 2.86. The van der Waals surface area contributed by atoms with E-state index in [1.54, 1.807) is 6.07 Å². The first-order valence-electron chi connectivity index (χ1n) is 9.29. The summed E-state index contributed by atoms with van der Waals surface area (Å²) >= 11 is 0. The number of carbonyl (C=O) groups excluding carboxylic acids is 1. The zero-order valence-electron chi connectivity index (χ0n) is 16.1. The lowest BCUT2D eigenvalue weighted by Gasteiger charge is -2.16. The van der Waals surface area contributed by atoms with E-state index in [0.717, 1.165) is 11.3 Å². The Labute approximate surface area is 167 Å². The molecule has 0 bridgehead atoms. The van der Waals surface area contributed by atoms with Gasteiger partial charge >= 0.3 is 0 Å². The van der Waals surface area contributed by atoms with Gasteiger partial charge in [-0.3, -0.25) is 4.79 Å². The minimum atomic E-state index is -0.517. The SMILES string of the molecule is CCOc1ccc(-c2noc(C3CC(=O)N(c4ccc(OC)c(F)c4)C3)n2)cc1. The zero-order valence-corrected chi connectivity index (χ0v) is 16.1. The highest BCUT2D eigenvalue weighted by Crippen LogP contribution is 2.33. The van der Waals surface area contributed by atoms with Gasteiger partial charge in [0.2, 0.25) is 17.6 Å². The Hall–Kier alpha value is -3.42. The maximum absolute atomic E-state index is 14.0. The summed E-state index contributed by atoms with van der Waals surface area (Å²) in [5, 5.41) is 4.03. The predicted molar refractivity (Wildman–Crippen MR) is 104 cm³/mol. The summed E-state index contributed by atoms with van der Waals surface area (Å²) in [7, 11) is 1.40. The minimum Gasteiger partial charge on any atom is -0.494 e. The van der Waals surface area contributed by atoms with Crippen molar-refractivity contribution >= 4 is 11.6 Å². The number of aromatic nitrogens is 2. The lowest BCUT2D eigenvalue weighted by atomic mass is 10.1. The van der Waals surface area contributed by atoms with Gasteiger partial charge in [0.1, 0.15) is 5.75 Å². The van der Waals surface area contributed by atoms with Crippen LogP contribution in [-0.2, 0) is 4.79 Å². The second-order valence-electron chi connectivity index (χ2n) is 6.64. The molecule has 0 aliphatic carbocycles. The topological polar surface area (TPSA) is 77.7 Å². The van der Waals surface area contributed by atoms with Crippen LogP contribution >= 0.6 is 0 Å². The summed E-state index contributed by atoms with van der Waals surface area (Å²) < 4.78 is 29.8. The third-order valence-electron chi connectivity index (χ3n) is 4.79. The van der Waals surface area contributed by atoms with Crippen molar-refractivity contribution in [1.82, 2.24) is 10.1 Å². The standard InChI is InChI=1S/C21H20FN3O4/c1-3-28-16-7-4-13(5-8-16)20-23-21(29-24-20)14-10-19(26)25(12-14)15-6-9-18(27-2)17(22)11-15/h4-9,11,14H,3,10,12H2,1-2H3. The lowest BCUT2D eigenvalue weighted by Crippen LogP contribution is -2.24. The third-order valence-corrected chi connectivity index (χ3v) is 4.79. The normalized spacial score (nSPS) is 16.3. The highest BCUT2D eigenvalue weighted by Gasteiger charge is 2.35. The number of hydrogen-bond acceptors (Lipinski definition) is 6. The molecule has 2 aromatic carbocycles. The molecule has 7 nitrogen and oxygen atoms in total. The molecule has 0 N–H and O–H groups in total. The van der Waals surface area contributed by atoms with Crippen LogP contribution in [0.5, 0.6) is 11.5 Å². The van der Waals surface area contributed by atoms with Crippen LogP contribution in [-0.4, -0.2) is 36.3 Å². The van der Waals surface area contributed by atoms with Gasteiger partial charge < -0.3 is 18.9 Å². The van der Waals surface area contributed by atoms with Crippen molar-refractivity contribution in [1.29, 1.82) is 0 Å². The molecule has 1 aliphatic rings. The van der Waals surface area contributed by atoms with Crippen molar-refractivity contribution in [2.45, 2.75) is 19.3 Å². The van der Waals surface area contributed by atoms with Gasteiger partial charge in [-0.15, -0.1) is 0 Å². The fourth-order valence-electron chi connectivity index (χ4n) is 3.33. The van der Waals surface area contributed by atoms with Crippen molar-refractivity contribution < 1.29 is 23.2 Å². The second kappa shape index (κ2) is 7.90. The monoisotopic (exact) mass is 397 g/mol. The van der Waals surface area contributed by atoms with Gasteiger partial charge in [-0.2, -0.15) is 4.98 Å². The maximum Gasteiger partial charge on any atom is 0.232 e. The molecule has 1 aliphatic heterocycles. The van der Waals surface area contributed by atoms with Gasteiger partial charge in [-0.05, 0) is 43.3 Å². The first-order chi connectivity index (χ1) is 14.1. The van der Waals surface area contributed by atoms with E-state index in [0.29, 0.717) is 30.6 Å². The highest BCUT2D eigenvalue weighted by atomic mass is 19.1. The minimum absolute atomic E-state index is 0.125. The van der Waals surface area contributed by atoms with Crippen molar-refractivity contribution in [3.05, 3.63) is 54.2 Å². The van der Waals surface area contributed by atoms with Gasteiger partial charge in [0, 0.05) is 30.3 Å². The number of anilines is 1. The Morgan fingerprint density at radius 2 is 2.03 bits per heavy atom. The van der Waals surface area contributed by atoms with Crippen molar-refractivity contribution in [2.24, 2.45) is 0 Å². The van der Waals surface area contributed by atoms with Crippen LogP contribution < -0.4 is 14.4 Å². The molecule has 0 radical (unpaired) electrons. The predicted octanol–water partition coefficient (Wildman–Crippen LogP) is 3.80. The average Bonchev–Trinajstić information content (AvgIpc) is 3.36. The number of halogens is 1. The third kappa shape index (κ3) is 3.78. The van der Waals surface area contributed by atoms with Crippen LogP contribution in [0.2, 0.25) is 0 Å². The second-order valence-corrected chi connectivity index (χ2v) is 6.64. The number of hydrogen-bond donors (Lipinski definition) is 0. The molecule has 0 saturated carbocycles.